The van der Waals surface area contributed by atoms with Gasteiger partial charge in [-0.25, -0.2) is 0 Å². The van der Waals surface area contributed by atoms with Crippen LogP contribution in [0.5, 0.6) is 5.75 Å². The Morgan fingerprint density at radius 1 is 1.12 bits per heavy atom. The Balaban J connectivity index is 1.98. The highest BCUT2D eigenvalue weighted by atomic mass is 35.5. The molecule has 7 heteroatoms. The average molecular weight is 468 g/mol. The lowest BCUT2D eigenvalue weighted by molar-refractivity contribution is -0.132. The van der Waals surface area contributed by atoms with Gasteiger partial charge < -0.3 is 9.84 Å². The molecular weight excluding hydrogens is 446 g/mol. The fraction of sp³-hybridized carbons (Fsp3) is 0.200. The molecule has 0 spiro atoms. The van der Waals surface area contributed by atoms with E-state index in [9.17, 15) is 14.7 Å². The lowest BCUT2D eigenvalue weighted by atomic mass is 9.98. The molecule has 2 heterocycles. The van der Waals surface area contributed by atoms with Gasteiger partial charge in [-0.15, -0.1) is 11.3 Å². The van der Waals surface area contributed by atoms with E-state index in [-0.39, 0.29) is 21.9 Å². The number of hydrogen-bond donors (Lipinski definition) is 1. The van der Waals surface area contributed by atoms with Gasteiger partial charge in [0.1, 0.15) is 17.6 Å². The van der Waals surface area contributed by atoms with Crippen LogP contribution in [0.2, 0.25) is 5.02 Å². The number of aliphatic hydroxyl groups excluding tert-OH is 1. The summed E-state index contributed by atoms with van der Waals surface area (Å²) in [6.07, 6.45) is 0. The molecule has 0 radical (unpaired) electrons. The fourth-order valence-electron chi connectivity index (χ4n) is 3.91. The number of ether oxygens (including phenoxy) is 1. The minimum absolute atomic E-state index is 0.0133. The van der Waals surface area contributed by atoms with Crippen LogP contribution in [0, 0.1) is 13.8 Å². The monoisotopic (exact) mass is 467 g/mol. The molecule has 1 fully saturated rings. The number of rotatable bonds is 5. The fourth-order valence-corrected chi connectivity index (χ4v) is 5.15. The average Bonchev–Trinajstić information content (AvgIpc) is 3.30. The number of Topliss-reactive ketones (excluding diaryl/α,β-unsaturated/α-hetero) is 1. The molecule has 1 atom stereocenters. The first kappa shape index (κ1) is 22.1. The second kappa shape index (κ2) is 8.81. The van der Waals surface area contributed by atoms with Crippen molar-refractivity contribution in [2.45, 2.75) is 26.8 Å². The zero-order chi connectivity index (χ0) is 23.0. The quantitative estimate of drug-likeness (QED) is 0.282. The van der Waals surface area contributed by atoms with Crippen molar-refractivity contribution in [3.8, 4) is 5.75 Å². The van der Waals surface area contributed by atoms with E-state index in [4.69, 9.17) is 16.3 Å². The number of para-hydroxylation sites is 1. The lowest BCUT2D eigenvalue weighted by Gasteiger charge is -2.26. The molecule has 1 aliphatic rings. The van der Waals surface area contributed by atoms with E-state index in [1.807, 2.05) is 50.4 Å². The van der Waals surface area contributed by atoms with Gasteiger partial charge in [0.2, 0.25) is 0 Å². The van der Waals surface area contributed by atoms with Gasteiger partial charge in [0.25, 0.3) is 11.7 Å². The SMILES string of the molecule is CCOc1ccc(Cl)c(/C(O)=C2\C(=O)C(=O)N(c3ccccc3C)C2c2sccc2C)c1. The van der Waals surface area contributed by atoms with Gasteiger partial charge in [0.05, 0.1) is 17.2 Å². The number of aliphatic hydroxyl groups is 1. The van der Waals surface area contributed by atoms with Crippen LogP contribution in [-0.4, -0.2) is 23.4 Å². The van der Waals surface area contributed by atoms with E-state index in [1.165, 1.54) is 16.2 Å². The second-order valence-corrected chi connectivity index (χ2v) is 8.85. The van der Waals surface area contributed by atoms with Gasteiger partial charge in [0, 0.05) is 16.1 Å². The van der Waals surface area contributed by atoms with Crippen LogP contribution in [0.4, 0.5) is 5.69 Å². The molecule has 2 aromatic carbocycles. The molecule has 1 aliphatic heterocycles. The van der Waals surface area contributed by atoms with Gasteiger partial charge in [-0.2, -0.15) is 0 Å². The first-order valence-corrected chi connectivity index (χ1v) is 11.4. The van der Waals surface area contributed by atoms with Crippen molar-refractivity contribution in [2.24, 2.45) is 0 Å². The van der Waals surface area contributed by atoms with Crippen molar-refractivity contribution >= 4 is 46.1 Å². The number of hydrogen-bond acceptors (Lipinski definition) is 5. The van der Waals surface area contributed by atoms with E-state index in [0.29, 0.717) is 18.0 Å². The number of nitrogens with zero attached hydrogens (tertiary/aromatic N) is 1. The molecule has 32 heavy (non-hydrogen) atoms. The van der Waals surface area contributed by atoms with Crippen LogP contribution in [-0.2, 0) is 9.59 Å². The highest BCUT2D eigenvalue weighted by molar-refractivity contribution is 7.10. The molecule has 164 valence electrons. The summed E-state index contributed by atoms with van der Waals surface area (Å²) in [6, 6.07) is 13.4. The van der Waals surface area contributed by atoms with Gasteiger partial charge in [-0.1, -0.05) is 29.8 Å². The van der Waals surface area contributed by atoms with Crippen LogP contribution in [0.3, 0.4) is 0 Å². The van der Waals surface area contributed by atoms with E-state index in [0.717, 1.165) is 16.0 Å². The minimum Gasteiger partial charge on any atom is -0.507 e. The number of carbonyl (C=O) groups is 2. The van der Waals surface area contributed by atoms with E-state index in [1.54, 1.807) is 24.3 Å². The number of benzene rings is 2. The molecule has 1 saturated heterocycles. The van der Waals surface area contributed by atoms with Crippen molar-refractivity contribution in [3.05, 3.63) is 86.1 Å². The zero-order valence-electron chi connectivity index (χ0n) is 17.9. The Morgan fingerprint density at radius 3 is 2.53 bits per heavy atom. The Hall–Kier alpha value is -3.09. The number of anilines is 1. The predicted octanol–water partition coefficient (Wildman–Crippen LogP) is 6.04. The van der Waals surface area contributed by atoms with Gasteiger partial charge in [-0.3, -0.25) is 14.5 Å². The van der Waals surface area contributed by atoms with Gasteiger partial charge >= 0.3 is 0 Å². The zero-order valence-corrected chi connectivity index (χ0v) is 19.5. The number of halogens is 1. The predicted molar refractivity (Wildman–Crippen MR) is 128 cm³/mol. The smallest absolute Gasteiger partial charge is 0.300 e. The molecule has 5 nitrogen and oxygen atoms in total. The number of ketones is 1. The highest BCUT2D eigenvalue weighted by Crippen LogP contribution is 2.46. The van der Waals surface area contributed by atoms with Crippen molar-refractivity contribution < 1.29 is 19.4 Å². The Morgan fingerprint density at radius 2 is 1.88 bits per heavy atom. The summed E-state index contributed by atoms with van der Waals surface area (Å²) < 4.78 is 5.53. The maximum Gasteiger partial charge on any atom is 0.300 e. The number of aryl methyl sites for hydroxylation is 2. The standard InChI is InChI=1S/C25H22ClNO4S/c1-4-31-16-9-10-18(26)17(13-16)22(28)20-21(24-15(3)11-12-32-24)27(25(30)23(20)29)19-8-6-5-7-14(19)2/h5-13,21,28H,4H2,1-3H3/b22-20+. The molecule has 0 bridgehead atoms. The lowest BCUT2D eigenvalue weighted by Crippen LogP contribution is -2.30. The summed E-state index contributed by atoms with van der Waals surface area (Å²) >= 11 is 7.82. The van der Waals surface area contributed by atoms with E-state index in [2.05, 4.69) is 0 Å². The van der Waals surface area contributed by atoms with Crippen LogP contribution in [0.1, 0.15) is 34.5 Å². The normalized spacial score (nSPS) is 17.8. The molecule has 1 unspecified atom stereocenters. The summed E-state index contributed by atoms with van der Waals surface area (Å²) in [5, 5.41) is 13.5. The third-order valence-electron chi connectivity index (χ3n) is 5.47. The first-order valence-electron chi connectivity index (χ1n) is 10.2. The van der Waals surface area contributed by atoms with Crippen LogP contribution < -0.4 is 9.64 Å². The number of amides is 1. The molecule has 0 saturated carbocycles. The van der Waals surface area contributed by atoms with Crippen molar-refractivity contribution in [3.63, 3.8) is 0 Å². The first-order chi connectivity index (χ1) is 15.3. The Bertz CT molecular complexity index is 1250. The molecule has 1 amide bonds. The van der Waals surface area contributed by atoms with Crippen LogP contribution >= 0.6 is 22.9 Å². The maximum atomic E-state index is 13.3. The summed E-state index contributed by atoms with van der Waals surface area (Å²) in [5.41, 5.74) is 2.67. The molecule has 4 rings (SSSR count). The van der Waals surface area contributed by atoms with Crippen molar-refractivity contribution in [1.82, 2.24) is 0 Å². The third-order valence-corrected chi connectivity index (χ3v) is 6.87. The molecule has 1 N–H and O–H groups in total. The highest BCUT2D eigenvalue weighted by Gasteiger charge is 2.48. The summed E-state index contributed by atoms with van der Waals surface area (Å²) in [6.45, 7) is 6.09. The molecular formula is C25H22ClNO4S. The van der Waals surface area contributed by atoms with E-state index >= 15 is 0 Å². The molecule has 1 aromatic heterocycles. The number of thiophene rings is 1. The second-order valence-electron chi connectivity index (χ2n) is 7.50. The molecule has 3 aromatic rings. The maximum absolute atomic E-state index is 13.3. The van der Waals surface area contributed by atoms with Crippen molar-refractivity contribution in [2.75, 3.05) is 11.5 Å². The van der Waals surface area contributed by atoms with Crippen molar-refractivity contribution in [1.29, 1.82) is 0 Å². The Kier molecular flexibility index (Phi) is 6.09. The third kappa shape index (κ3) is 3.70. The van der Waals surface area contributed by atoms with Gasteiger partial charge in [0.15, 0.2) is 0 Å². The van der Waals surface area contributed by atoms with Crippen LogP contribution in [0.15, 0.2) is 59.5 Å². The summed E-state index contributed by atoms with van der Waals surface area (Å²) in [7, 11) is 0. The summed E-state index contributed by atoms with van der Waals surface area (Å²) in [5.74, 6) is -1.24. The summed E-state index contributed by atoms with van der Waals surface area (Å²) in [4.78, 5) is 28.8. The Labute approximate surface area is 195 Å². The minimum atomic E-state index is -0.761. The van der Waals surface area contributed by atoms with Crippen LogP contribution in [0.25, 0.3) is 5.76 Å². The van der Waals surface area contributed by atoms with Gasteiger partial charge in [-0.05, 0) is 67.6 Å². The molecule has 0 aliphatic carbocycles. The number of carbonyl (C=O) groups excluding carboxylic acids is 2. The largest absolute Gasteiger partial charge is 0.507 e. The topological polar surface area (TPSA) is 66.8 Å². The van der Waals surface area contributed by atoms with E-state index < -0.39 is 17.7 Å².